The van der Waals surface area contributed by atoms with Crippen molar-refractivity contribution in [3.8, 4) is 0 Å². The van der Waals surface area contributed by atoms with E-state index < -0.39 is 9.58 Å². The smallest absolute Gasteiger partial charge is 0.254 e. The molecule has 0 aliphatic heterocycles. The molecule has 0 radical (unpaired) electrons. The van der Waals surface area contributed by atoms with Crippen LogP contribution < -0.4 is 0 Å². The molecule has 0 aromatic carbocycles. The van der Waals surface area contributed by atoms with E-state index in [1.807, 2.05) is 0 Å². The summed E-state index contributed by atoms with van der Waals surface area (Å²) in [5.74, 6) is -0.554. The Balaban J connectivity index is 3.07. The van der Waals surface area contributed by atoms with Crippen molar-refractivity contribution in [2.75, 3.05) is 0 Å². The van der Waals surface area contributed by atoms with Crippen molar-refractivity contribution in [2.24, 2.45) is 0 Å². The number of hydrogen-bond donors (Lipinski definition) is 1. The second kappa shape index (κ2) is 5.41. The molecule has 0 saturated heterocycles. The largest absolute Gasteiger partial charge is 0.355 e. The molecule has 1 N–H and O–H groups in total. The van der Waals surface area contributed by atoms with Gasteiger partial charge in [-0.2, -0.15) is 0 Å². The molecule has 0 bridgehead atoms. The summed E-state index contributed by atoms with van der Waals surface area (Å²) >= 11 is 23.1. The molecule has 0 unspecified atom stereocenters. The summed E-state index contributed by atoms with van der Waals surface area (Å²) in [7, 11) is 0. The summed E-state index contributed by atoms with van der Waals surface area (Å²) in [6.07, 6.45) is 0. The van der Waals surface area contributed by atoms with Gasteiger partial charge in [0, 0.05) is 16.4 Å². The number of ketones is 1. The van der Waals surface area contributed by atoms with Crippen LogP contribution in [0, 0.1) is 0 Å². The Hall–Kier alpha value is 0.780. The van der Waals surface area contributed by atoms with Crippen LogP contribution in [0.3, 0.4) is 0 Å². The first-order valence-corrected chi connectivity index (χ1v) is 7.22. The van der Waals surface area contributed by atoms with Crippen LogP contribution in [0.2, 0.25) is 0 Å². The Morgan fingerprint density at radius 1 is 1.33 bits per heavy atom. The van der Waals surface area contributed by atoms with Crippen molar-refractivity contribution >= 4 is 72.4 Å². The third-order valence-electron chi connectivity index (χ3n) is 1.77. The Labute approximate surface area is 119 Å². The number of Topliss-reactive ketones (excluding diaryl/α,β-unsaturated/α-hetero) is 1. The maximum Gasteiger partial charge on any atom is 0.254 e. The maximum absolute atomic E-state index is 11.6. The lowest BCUT2D eigenvalue weighted by atomic mass is 10.2. The third-order valence-corrected chi connectivity index (χ3v) is 3.45. The molecule has 0 amide bonds. The first-order valence-electron chi connectivity index (χ1n) is 3.84. The lowest BCUT2D eigenvalue weighted by Gasteiger charge is -2.06. The molecular weight excluding hydrogens is 392 g/mol. The van der Waals surface area contributed by atoms with Gasteiger partial charge in [0.25, 0.3) is 3.79 Å². The van der Waals surface area contributed by atoms with E-state index in [4.69, 9.17) is 34.8 Å². The molecule has 0 aliphatic carbocycles. The van der Waals surface area contributed by atoms with E-state index >= 15 is 0 Å². The van der Waals surface area contributed by atoms with E-state index in [0.717, 1.165) is 11.3 Å². The van der Waals surface area contributed by atoms with E-state index in [1.54, 1.807) is 6.07 Å². The van der Waals surface area contributed by atoms with Crippen molar-refractivity contribution in [2.45, 2.75) is 14.5 Å². The lowest BCUT2D eigenvalue weighted by Crippen LogP contribution is -2.19. The van der Waals surface area contributed by atoms with Gasteiger partial charge in [-0.25, -0.2) is 0 Å². The summed E-state index contributed by atoms with van der Waals surface area (Å²) in [6, 6.07) is 1.68. The van der Waals surface area contributed by atoms with Crippen LogP contribution in [-0.2, 0) is 10.7 Å². The molecule has 0 atom stereocenters. The number of carbonyl (C=O) groups is 1. The highest BCUT2D eigenvalue weighted by molar-refractivity contribution is 9.09. The monoisotopic (exact) mass is 395 g/mol. The zero-order valence-corrected chi connectivity index (χ0v) is 12.7. The van der Waals surface area contributed by atoms with Crippen LogP contribution in [0.4, 0.5) is 0 Å². The average Bonchev–Trinajstić information content (AvgIpc) is 2.57. The molecule has 0 saturated carbocycles. The second-order valence-electron chi connectivity index (χ2n) is 2.78. The molecule has 2 nitrogen and oxygen atoms in total. The van der Waals surface area contributed by atoms with Gasteiger partial charge in [0.2, 0.25) is 5.78 Å². The number of rotatable bonds is 3. The van der Waals surface area contributed by atoms with Crippen LogP contribution in [0.25, 0.3) is 0 Å². The molecule has 0 aliphatic rings. The summed E-state index contributed by atoms with van der Waals surface area (Å²) in [4.78, 5) is 14.5. The normalized spacial score (nSPS) is 11.8. The fourth-order valence-electron chi connectivity index (χ4n) is 1.05. The summed E-state index contributed by atoms with van der Waals surface area (Å²) in [5.41, 5.74) is 2.16. The predicted octanol–water partition coefficient (Wildman–Crippen LogP) is 4.36. The minimum Gasteiger partial charge on any atom is -0.355 e. The van der Waals surface area contributed by atoms with Crippen molar-refractivity contribution in [3.05, 3.63) is 23.0 Å². The minimum atomic E-state index is -1.92. The van der Waals surface area contributed by atoms with Crippen molar-refractivity contribution in [1.29, 1.82) is 0 Å². The van der Waals surface area contributed by atoms with Crippen molar-refractivity contribution in [3.63, 3.8) is 0 Å². The molecule has 1 aromatic heterocycles. The predicted molar refractivity (Wildman–Crippen MR) is 70.7 cm³/mol. The number of aromatic amines is 1. The fraction of sp³-hybridized carbons (Fsp3) is 0.375. The first kappa shape index (κ1) is 13.8. The molecule has 1 aromatic rings. The van der Waals surface area contributed by atoms with Crippen molar-refractivity contribution < 1.29 is 4.79 Å². The molecule has 7 heteroatoms. The highest BCUT2D eigenvalue weighted by atomic mass is 79.9. The summed E-state index contributed by atoms with van der Waals surface area (Å²) < 4.78 is -1.92. The lowest BCUT2D eigenvalue weighted by molar-refractivity contribution is 0.0992. The van der Waals surface area contributed by atoms with Gasteiger partial charge in [-0.3, -0.25) is 4.79 Å². The standard InChI is InChI=1S/C8H6Br2Cl3NO/c9-2-4-1-5(14-6(4)3-10)7(15)8(11,12)13/h1,14H,2-3H2. The highest BCUT2D eigenvalue weighted by Crippen LogP contribution is 2.31. The fourth-order valence-corrected chi connectivity index (χ4v) is 2.36. The van der Waals surface area contributed by atoms with E-state index in [1.165, 1.54) is 0 Å². The summed E-state index contributed by atoms with van der Waals surface area (Å²) in [6.45, 7) is 0. The molecule has 1 heterocycles. The number of alkyl halides is 5. The Bertz CT molecular complexity index is 351. The minimum absolute atomic E-state index is 0.305. The number of halogens is 5. The maximum atomic E-state index is 11.6. The van der Waals surface area contributed by atoms with E-state index in [-0.39, 0.29) is 0 Å². The van der Waals surface area contributed by atoms with Crippen LogP contribution in [0.15, 0.2) is 6.07 Å². The molecule has 1 rings (SSSR count). The molecule has 0 spiro atoms. The average molecular weight is 398 g/mol. The van der Waals surface area contributed by atoms with Crippen LogP contribution >= 0.6 is 66.7 Å². The number of H-pyrrole nitrogens is 1. The Kier molecular flexibility index (Phi) is 4.99. The van der Waals surface area contributed by atoms with Gasteiger partial charge < -0.3 is 4.98 Å². The van der Waals surface area contributed by atoms with Crippen LogP contribution in [-0.4, -0.2) is 14.6 Å². The zero-order chi connectivity index (χ0) is 11.6. The Morgan fingerprint density at radius 2 is 1.93 bits per heavy atom. The van der Waals surface area contributed by atoms with Gasteiger partial charge in [-0.05, 0) is 11.6 Å². The molecule has 84 valence electrons. The molecular formula is C8H6Br2Cl3NO. The van der Waals surface area contributed by atoms with Gasteiger partial charge >= 0.3 is 0 Å². The number of hydrogen-bond acceptors (Lipinski definition) is 1. The number of aromatic nitrogens is 1. The van der Waals surface area contributed by atoms with Gasteiger partial charge in [0.15, 0.2) is 0 Å². The van der Waals surface area contributed by atoms with Crippen LogP contribution in [0.5, 0.6) is 0 Å². The van der Waals surface area contributed by atoms with E-state index in [2.05, 4.69) is 36.8 Å². The van der Waals surface area contributed by atoms with Crippen LogP contribution in [0.1, 0.15) is 21.7 Å². The number of carbonyl (C=O) groups excluding carboxylic acids is 1. The van der Waals surface area contributed by atoms with Gasteiger partial charge in [-0.15, -0.1) is 0 Å². The Morgan fingerprint density at radius 3 is 2.27 bits per heavy atom. The summed E-state index contributed by atoms with van der Waals surface area (Å²) in [5, 5.41) is 1.25. The van der Waals surface area contributed by atoms with E-state index in [0.29, 0.717) is 16.4 Å². The van der Waals surface area contributed by atoms with Gasteiger partial charge in [0.05, 0.1) is 5.69 Å². The SMILES string of the molecule is O=C(c1cc(CBr)c(CBr)[nH]1)C(Cl)(Cl)Cl. The quantitative estimate of drug-likeness (QED) is 0.596. The molecule has 15 heavy (non-hydrogen) atoms. The zero-order valence-electron chi connectivity index (χ0n) is 7.29. The first-order chi connectivity index (χ1) is 6.90. The van der Waals surface area contributed by atoms with Gasteiger partial charge in [-0.1, -0.05) is 66.7 Å². The van der Waals surface area contributed by atoms with Gasteiger partial charge in [0.1, 0.15) is 0 Å². The second-order valence-corrected chi connectivity index (χ2v) is 6.18. The van der Waals surface area contributed by atoms with E-state index in [9.17, 15) is 4.79 Å². The highest BCUT2D eigenvalue weighted by Gasteiger charge is 2.33. The third kappa shape index (κ3) is 3.37. The molecule has 0 fully saturated rings. The van der Waals surface area contributed by atoms with Crippen molar-refractivity contribution in [1.82, 2.24) is 4.98 Å². The topological polar surface area (TPSA) is 32.9 Å². The number of nitrogens with one attached hydrogen (secondary N) is 1.